The van der Waals surface area contributed by atoms with Gasteiger partial charge in [-0.2, -0.15) is 0 Å². The van der Waals surface area contributed by atoms with Crippen molar-refractivity contribution in [3.8, 4) is 0 Å². The smallest absolute Gasteiger partial charge is 0.328 e. The molecule has 0 aliphatic carbocycles. The fourth-order valence-electron chi connectivity index (χ4n) is 1.42. The van der Waals surface area contributed by atoms with Gasteiger partial charge < -0.3 is 15.7 Å². The van der Waals surface area contributed by atoms with E-state index in [1.807, 2.05) is 0 Å². The number of nitrogens with zero attached hydrogens (tertiary/aromatic N) is 1. The number of nitrogens with one attached hydrogen (secondary N) is 2. The third-order valence-corrected chi connectivity index (χ3v) is 2.42. The van der Waals surface area contributed by atoms with E-state index in [0.29, 0.717) is 11.1 Å². The Bertz CT molecular complexity index is 540. The Balaban J connectivity index is 2.72. The number of carboxylic acids is 1. The van der Waals surface area contributed by atoms with Gasteiger partial charge in [0.15, 0.2) is 0 Å². The fraction of sp³-hybridized carbons (Fsp3) is 0.231. The van der Waals surface area contributed by atoms with Gasteiger partial charge in [0.1, 0.15) is 0 Å². The molecule has 1 aromatic heterocycles. The van der Waals surface area contributed by atoms with Crippen LogP contribution in [0.4, 0.5) is 0 Å². The monoisotopic (exact) mass is 277 g/mol. The first-order chi connectivity index (χ1) is 9.54. The fourth-order valence-corrected chi connectivity index (χ4v) is 1.42. The highest BCUT2D eigenvalue weighted by Crippen LogP contribution is 2.09. The summed E-state index contributed by atoms with van der Waals surface area (Å²) in [5.41, 5.74) is 0.696. The van der Waals surface area contributed by atoms with Crippen molar-refractivity contribution in [2.24, 2.45) is 0 Å². The Morgan fingerprint density at radius 2 is 2.15 bits per heavy atom. The van der Waals surface area contributed by atoms with E-state index in [4.69, 9.17) is 5.11 Å². The lowest BCUT2D eigenvalue weighted by Crippen LogP contribution is -2.29. The van der Waals surface area contributed by atoms with E-state index in [1.165, 1.54) is 31.6 Å². The number of aliphatic carboxylic acids is 1. The van der Waals surface area contributed by atoms with Gasteiger partial charge >= 0.3 is 5.97 Å². The summed E-state index contributed by atoms with van der Waals surface area (Å²) >= 11 is 0. The van der Waals surface area contributed by atoms with Crippen molar-refractivity contribution in [2.45, 2.75) is 6.42 Å². The van der Waals surface area contributed by atoms with Crippen LogP contribution in [0.15, 0.2) is 24.5 Å². The molecule has 0 aliphatic heterocycles. The predicted molar refractivity (Wildman–Crippen MR) is 71.9 cm³/mol. The van der Waals surface area contributed by atoms with Crippen LogP contribution in [0, 0.1) is 0 Å². The van der Waals surface area contributed by atoms with Crippen LogP contribution in [0.2, 0.25) is 0 Å². The summed E-state index contributed by atoms with van der Waals surface area (Å²) in [6.07, 6.45) is 5.23. The normalized spacial score (nSPS) is 10.2. The zero-order valence-corrected chi connectivity index (χ0v) is 10.9. The molecule has 20 heavy (non-hydrogen) atoms. The molecule has 0 radical (unpaired) electrons. The molecule has 0 bridgehead atoms. The number of carbonyl (C=O) groups excluding carboxylic acids is 2. The number of hydrogen-bond donors (Lipinski definition) is 3. The molecule has 0 atom stereocenters. The Morgan fingerprint density at radius 1 is 1.40 bits per heavy atom. The van der Waals surface area contributed by atoms with E-state index in [1.54, 1.807) is 0 Å². The minimum absolute atomic E-state index is 0.174. The average molecular weight is 277 g/mol. The van der Waals surface area contributed by atoms with E-state index in [0.717, 1.165) is 6.08 Å². The molecule has 106 valence electrons. The summed E-state index contributed by atoms with van der Waals surface area (Å²) in [6, 6.07) is 1.48. The number of pyridine rings is 1. The lowest BCUT2D eigenvalue weighted by molar-refractivity contribution is -0.131. The lowest BCUT2D eigenvalue weighted by Gasteiger charge is -2.07. The topological polar surface area (TPSA) is 108 Å². The molecule has 1 rings (SSSR count). The average Bonchev–Trinajstić information content (AvgIpc) is 2.45. The van der Waals surface area contributed by atoms with Gasteiger partial charge in [-0.1, -0.05) is 0 Å². The predicted octanol–water partition coefficient (Wildman–Crippen LogP) is 0.0453. The van der Waals surface area contributed by atoms with E-state index in [9.17, 15) is 14.4 Å². The molecule has 0 unspecified atom stereocenters. The van der Waals surface area contributed by atoms with Crippen molar-refractivity contribution in [1.29, 1.82) is 0 Å². The Morgan fingerprint density at radius 3 is 2.80 bits per heavy atom. The summed E-state index contributed by atoms with van der Waals surface area (Å²) in [5, 5.41) is 13.6. The van der Waals surface area contributed by atoms with Crippen molar-refractivity contribution in [2.75, 3.05) is 13.6 Å². The van der Waals surface area contributed by atoms with Crippen molar-refractivity contribution in [1.82, 2.24) is 15.6 Å². The van der Waals surface area contributed by atoms with Crippen molar-refractivity contribution in [3.05, 3.63) is 35.7 Å². The molecule has 0 saturated carbocycles. The number of carboxylic acid groups (broad SMARTS) is 1. The number of rotatable bonds is 6. The summed E-state index contributed by atoms with van der Waals surface area (Å²) in [6.45, 7) is 0.197. The number of amides is 2. The van der Waals surface area contributed by atoms with Gasteiger partial charge in [-0.15, -0.1) is 0 Å². The van der Waals surface area contributed by atoms with E-state index < -0.39 is 5.97 Å². The Labute approximate surface area is 115 Å². The Hall–Kier alpha value is -2.70. The number of aromatic nitrogens is 1. The molecule has 2 amide bonds. The van der Waals surface area contributed by atoms with E-state index >= 15 is 0 Å². The molecule has 0 fully saturated rings. The largest absolute Gasteiger partial charge is 0.478 e. The van der Waals surface area contributed by atoms with Crippen LogP contribution in [-0.2, 0) is 9.59 Å². The summed E-state index contributed by atoms with van der Waals surface area (Å²) in [5.74, 6) is -1.67. The highest BCUT2D eigenvalue weighted by molar-refractivity contribution is 5.98. The van der Waals surface area contributed by atoms with Gasteiger partial charge in [-0.25, -0.2) is 4.79 Å². The standard InChI is InChI=1S/C13H15N3O4/c1-14-11(17)5-7-16-13(20)10-4-6-15-8-9(10)2-3-12(18)19/h2-4,6,8H,5,7H2,1H3,(H,14,17)(H,16,20)(H,18,19). The summed E-state index contributed by atoms with van der Waals surface area (Å²) in [4.78, 5) is 37.3. The molecular formula is C13H15N3O4. The minimum Gasteiger partial charge on any atom is -0.478 e. The molecule has 1 aromatic rings. The quantitative estimate of drug-likeness (QED) is 0.636. The van der Waals surface area contributed by atoms with Gasteiger partial charge in [0, 0.05) is 49.6 Å². The first-order valence-electron chi connectivity index (χ1n) is 5.88. The van der Waals surface area contributed by atoms with E-state index in [2.05, 4.69) is 15.6 Å². The van der Waals surface area contributed by atoms with Gasteiger partial charge in [0.25, 0.3) is 5.91 Å². The van der Waals surface area contributed by atoms with Gasteiger partial charge in [0.05, 0.1) is 0 Å². The van der Waals surface area contributed by atoms with Gasteiger partial charge in [-0.3, -0.25) is 14.6 Å². The molecule has 0 aliphatic rings. The van der Waals surface area contributed by atoms with Crippen LogP contribution < -0.4 is 10.6 Å². The van der Waals surface area contributed by atoms with Crippen molar-refractivity contribution in [3.63, 3.8) is 0 Å². The summed E-state index contributed by atoms with van der Waals surface area (Å²) in [7, 11) is 1.52. The van der Waals surface area contributed by atoms with Gasteiger partial charge in [0.2, 0.25) is 5.91 Å². The van der Waals surface area contributed by atoms with E-state index in [-0.39, 0.29) is 24.8 Å². The molecule has 3 N–H and O–H groups in total. The molecule has 7 nitrogen and oxygen atoms in total. The van der Waals surface area contributed by atoms with Crippen LogP contribution in [0.25, 0.3) is 6.08 Å². The van der Waals surface area contributed by atoms with Crippen LogP contribution in [0.1, 0.15) is 22.3 Å². The van der Waals surface area contributed by atoms with Crippen molar-refractivity contribution < 1.29 is 19.5 Å². The van der Waals surface area contributed by atoms with Crippen LogP contribution >= 0.6 is 0 Å². The molecule has 1 heterocycles. The van der Waals surface area contributed by atoms with Crippen LogP contribution in [-0.4, -0.2) is 41.5 Å². The van der Waals surface area contributed by atoms with Crippen LogP contribution in [0.5, 0.6) is 0 Å². The third kappa shape index (κ3) is 4.89. The second kappa shape index (κ2) is 7.67. The Kier molecular flexibility index (Phi) is 5.89. The second-order valence-corrected chi connectivity index (χ2v) is 3.81. The molecular weight excluding hydrogens is 262 g/mol. The third-order valence-electron chi connectivity index (χ3n) is 2.42. The highest BCUT2D eigenvalue weighted by atomic mass is 16.4. The maximum atomic E-state index is 11.9. The maximum absolute atomic E-state index is 11.9. The highest BCUT2D eigenvalue weighted by Gasteiger charge is 2.10. The molecule has 0 aromatic carbocycles. The molecule has 0 saturated heterocycles. The second-order valence-electron chi connectivity index (χ2n) is 3.81. The molecule has 0 spiro atoms. The SMILES string of the molecule is CNC(=O)CCNC(=O)c1ccncc1C=CC(=O)O. The number of carbonyl (C=O) groups is 3. The number of hydrogen-bond acceptors (Lipinski definition) is 4. The minimum atomic E-state index is -1.11. The summed E-state index contributed by atoms with van der Waals surface area (Å²) < 4.78 is 0. The van der Waals surface area contributed by atoms with Crippen LogP contribution in [0.3, 0.4) is 0 Å². The first-order valence-corrected chi connectivity index (χ1v) is 5.88. The maximum Gasteiger partial charge on any atom is 0.328 e. The first kappa shape index (κ1) is 15.4. The molecule has 7 heteroatoms. The van der Waals surface area contributed by atoms with Crippen molar-refractivity contribution >= 4 is 23.9 Å². The zero-order valence-electron chi connectivity index (χ0n) is 10.9. The lowest BCUT2D eigenvalue weighted by atomic mass is 10.1. The zero-order chi connectivity index (χ0) is 15.0. The van der Waals surface area contributed by atoms with Gasteiger partial charge in [-0.05, 0) is 12.1 Å².